The van der Waals surface area contributed by atoms with Gasteiger partial charge in [0.1, 0.15) is 0 Å². The lowest BCUT2D eigenvalue weighted by molar-refractivity contribution is 0.762. The molecule has 0 fully saturated rings. The molecule has 1 N–H and O–H groups in total. The van der Waals surface area contributed by atoms with E-state index in [2.05, 4.69) is 105 Å². The Bertz CT molecular complexity index is 1580. The van der Waals surface area contributed by atoms with Crippen LogP contribution in [0.25, 0.3) is 34.1 Å². The maximum absolute atomic E-state index is 3.83. The molecule has 4 aromatic rings. The van der Waals surface area contributed by atoms with E-state index < -0.39 is 0 Å². The summed E-state index contributed by atoms with van der Waals surface area (Å²) >= 11 is 0. The summed E-state index contributed by atoms with van der Waals surface area (Å²) in [4.78, 5) is 0. The van der Waals surface area contributed by atoms with Gasteiger partial charge in [-0.2, -0.15) is 0 Å². The first kappa shape index (κ1) is 19.3. The number of allylic oxidation sites excluding steroid dienone is 6. The third-order valence-corrected chi connectivity index (χ3v) is 8.17. The van der Waals surface area contributed by atoms with Crippen LogP contribution in [-0.2, 0) is 12.8 Å². The van der Waals surface area contributed by atoms with Crippen LogP contribution in [-0.4, -0.2) is 9.13 Å². The molecular formula is C32H27N3. The largest absolute Gasteiger partial charge is 0.361 e. The van der Waals surface area contributed by atoms with Gasteiger partial charge in [0.15, 0.2) is 0 Å². The van der Waals surface area contributed by atoms with Gasteiger partial charge < -0.3 is 14.5 Å². The molecule has 3 heteroatoms. The summed E-state index contributed by atoms with van der Waals surface area (Å²) in [5.74, 6) is 0.426. The van der Waals surface area contributed by atoms with Crippen LogP contribution < -0.4 is 5.32 Å². The van der Waals surface area contributed by atoms with Crippen LogP contribution in [0.2, 0.25) is 0 Å². The van der Waals surface area contributed by atoms with Crippen molar-refractivity contribution in [3.63, 3.8) is 0 Å². The Balaban J connectivity index is 1.54. The van der Waals surface area contributed by atoms with Crippen LogP contribution in [0.3, 0.4) is 0 Å². The number of para-hydroxylation sites is 2. The van der Waals surface area contributed by atoms with Crippen molar-refractivity contribution in [2.24, 2.45) is 5.92 Å². The molecule has 170 valence electrons. The molecular weight excluding hydrogens is 426 g/mol. The normalized spacial score (nSPS) is 19.8. The SMILES string of the molecule is C1=CCC2C(=C1)NC1=C2c2c(n(-c3ccccc3)c3c4c(n(-c5ccccc5)c23)CCC=C4)CC1. The molecule has 0 saturated carbocycles. The summed E-state index contributed by atoms with van der Waals surface area (Å²) in [5, 5.41) is 3.83. The van der Waals surface area contributed by atoms with Crippen LogP contribution >= 0.6 is 0 Å². The summed E-state index contributed by atoms with van der Waals surface area (Å²) in [6, 6.07) is 22.0. The summed E-state index contributed by atoms with van der Waals surface area (Å²) in [6.45, 7) is 0. The third kappa shape index (κ3) is 2.61. The Morgan fingerprint density at radius 2 is 1.49 bits per heavy atom. The molecule has 1 unspecified atom stereocenters. The molecule has 3 heterocycles. The highest BCUT2D eigenvalue weighted by Crippen LogP contribution is 2.51. The Labute approximate surface area is 205 Å². The van der Waals surface area contributed by atoms with E-state index in [9.17, 15) is 0 Å². The maximum atomic E-state index is 3.83. The van der Waals surface area contributed by atoms with Crippen LogP contribution in [0.4, 0.5) is 0 Å². The number of aromatic nitrogens is 2. The Morgan fingerprint density at radius 3 is 2.26 bits per heavy atom. The van der Waals surface area contributed by atoms with Gasteiger partial charge in [-0.05, 0) is 68.0 Å². The van der Waals surface area contributed by atoms with Gasteiger partial charge in [0, 0.05) is 51.2 Å². The van der Waals surface area contributed by atoms with Crippen LogP contribution in [0, 0.1) is 5.92 Å². The molecule has 0 radical (unpaired) electrons. The van der Waals surface area contributed by atoms with Crippen LogP contribution in [0.1, 0.15) is 41.8 Å². The standard InChI is InChI=1S/C32H27N3/c1-3-11-21(12-4-1)34-27-18-10-8-16-24(27)31-32(34)30-28(35(31)22-13-5-2-6-14-22)20-19-26-29(30)23-15-7-9-17-25(23)33-26/h1-9,11-14,16-17,23,33H,10,15,18-20H2. The van der Waals surface area contributed by atoms with E-state index in [1.807, 2.05) is 0 Å². The quantitative estimate of drug-likeness (QED) is 0.343. The molecule has 4 aliphatic rings. The van der Waals surface area contributed by atoms with Crippen molar-refractivity contribution in [3.05, 3.63) is 119 Å². The maximum Gasteiger partial charge on any atom is 0.0801 e. The van der Waals surface area contributed by atoms with Crippen molar-refractivity contribution < 1.29 is 0 Å². The average molecular weight is 454 g/mol. The Hall–Kier alpha value is -3.98. The van der Waals surface area contributed by atoms with Gasteiger partial charge in [-0.1, -0.05) is 60.7 Å². The highest BCUT2D eigenvalue weighted by Gasteiger charge is 2.39. The molecule has 1 aliphatic heterocycles. The smallest absolute Gasteiger partial charge is 0.0801 e. The average Bonchev–Trinajstić information content (AvgIpc) is 3.56. The molecule has 35 heavy (non-hydrogen) atoms. The van der Waals surface area contributed by atoms with E-state index in [1.165, 1.54) is 61.9 Å². The number of nitrogens with one attached hydrogen (secondary N) is 1. The molecule has 0 amide bonds. The van der Waals surface area contributed by atoms with Crippen molar-refractivity contribution in [1.29, 1.82) is 0 Å². The van der Waals surface area contributed by atoms with Crippen molar-refractivity contribution >= 4 is 22.7 Å². The van der Waals surface area contributed by atoms with E-state index >= 15 is 0 Å². The summed E-state index contributed by atoms with van der Waals surface area (Å²) in [6.07, 6.45) is 16.9. The van der Waals surface area contributed by atoms with Gasteiger partial charge in [0.05, 0.1) is 11.0 Å². The zero-order valence-corrected chi connectivity index (χ0v) is 19.7. The lowest BCUT2D eigenvalue weighted by Gasteiger charge is -2.23. The van der Waals surface area contributed by atoms with E-state index in [0.717, 1.165) is 32.1 Å². The Morgan fingerprint density at radius 1 is 0.743 bits per heavy atom. The van der Waals surface area contributed by atoms with Crippen molar-refractivity contribution in [2.75, 3.05) is 0 Å². The second kappa shape index (κ2) is 7.26. The fourth-order valence-corrected chi connectivity index (χ4v) is 6.80. The van der Waals surface area contributed by atoms with Gasteiger partial charge in [-0.25, -0.2) is 0 Å². The predicted octanol–water partition coefficient (Wildman–Crippen LogP) is 7.10. The number of hydrogen-bond donors (Lipinski definition) is 1. The molecule has 2 aromatic heterocycles. The topological polar surface area (TPSA) is 21.9 Å². The van der Waals surface area contributed by atoms with E-state index in [4.69, 9.17) is 0 Å². The molecule has 0 bridgehead atoms. The lowest BCUT2D eigenvalue weighted by atomic mass is 9.83. The second-order valence-corrected chi connectivity index (χ2v) is 10.0. The van der Waals surface area contributed by atoms with Gasteiger partial charge in [0.25, 0.3) is 0 Å². The summed E-state index contributed by atoms with van der Waals surface area (Å²) in [5.41, 5.74) is 15.4. The summed E-state index contributed by atoms with van der Waals surface area (Å²) < 4.78 is 5.17. The van der Waals surface area contributed by atoms with Crippen molar-refractivity contribution in [1.82, 2.24) is 14.5 Å². The minimum absolute atomic E-state index is 0.426. The van der Waals surface area contributed by atoms with Crippen molar-refractivity contribution in [3.8, 4) is 11.4 Å². The molecule has 1 atom stereocenters. The Kier molecular flexibility index (Phi) is 4.01. The van der Waals surface area contributed by atoms with Gasteiger partial charge >= 0.3 is 0 Å². The number of benzene rings is 2. The monoisotopic (exact) mass is 453 g/mol. The molecule has 2 aromatic carbocycles. The highest BCUT2D eigenvalue weighted by molar-refractivity contribution is 6.03. The van der Waals surface area contributed by atoms with Gasteiger partial charge in [0.2, 0.25) is 0 Å². The lowest BCUT2D eigenvalue weighted by Crippen LogP contribution is -2.13. The zero-order chi connectivity index (χ0) is 22.9. The predicted molar refractivity (Wildman–Crippen MR) is 144 cm³/mol. The van der Waals surface area contributed by atoms with Crippen LogP contribution in [0.5, 0.6) is 0 Å². The highest BCUT2D eigenvalue weighted by atomic mass is 15.1. The van der Waals surface area contributed by atoms with Gasteiger partial charge in [-0.15, -0.1) is 0 Å². The zero-order valence-electron chi connectivity index (χ0n) is 19.7. The second-order valence-electron chi connectivity index (χ2n) is 10.0. The molecule has 0 saturated heterocycles. The minimum Gasteiger partial charge on any atom is -0.361 e. The number of hydrogen-bond acceptors (Lipinski definition) is 1. The van der Waals surface area contributed by atoms with E-state index in [0.29, 0.717) is 5.92 Å². The first-order valence-electron chi connectivity index (χ1n) is 12.9. The van der Waals surface area contributed by atoms with Crippen molar-refractivity contribution in [2.45, 2.75) is 32.1 Å². The number of rotatable bonds is 2. The minimum atomic E-state index is 0.426. The summed E-state index contributed by atoms with van der Waals surface area (Å²) in [7, 11) is 0. The number of nitrogens with zero attached hydrogens (tertiary/aromatic N) is 2. The fraction of sp³-hybridized carbons (Fsp3) is 0.188. The number of fused-ring (bicyclic) bond motifs is 8. The fourth-order valence-electron chi connectivity index (χ4n) is 6.80. The molecule has 3 nitrogen and oxygen atoms in total. The van der Waals surface area contributed by atoms with Crippen LogP contribution in [0.15, 0.2) is 96.4 Å². The molecule has 0 spiro atoms. The van der Waals surface area contributed by atoms with Gasteiger partial charge in [-0.3, -0.25) is 0 Å². The first-order chi connectivity index (χ1) is 17.4. The third-order valence-electron chi connectivity index (χ3n) is 8.17. The first-order valence-corrected chi connectivity index (χ1v) is 12.9. The molecule has 3 aliphatic carbocycles. The van der Waals surface area contributed by atoms with E-state index in [1.54, 1.807) is 0 Å². The van der Waals surface area contributed by atoms with E-state index in [-0.39, 0.29) is 0 Å². The molecule has 8 rings (SSSR count).